The van der Waals surface area contributed by atoms with Gasteiger partial charge in [-0.2, -0.15) is 5.10 Å². The number of benzene rings is 2. The quantitative estimate of drug-likeness (QED) is 0.358. The molecule has 2 aromatic carbocycles. The number of carbonyl (C=O) groups excluding carboxylic acids is 2. The van der Waals surface area contributed by atoms with E-state index in [2.05, 4.69) is 5.10 Å². The molecule has 0 aliphatic carbocycles. The molecule has 6 heteroatoms. The van der Waals surface area contributed by atoms with Crippen molar-refractivity contribution < 1.29 is 14.3 Å². The van der Waals surface area contributed by atoms with E-state index in [1.165, 1.54) is 0 Å². The predicted octanol–water partition coefficient (Wildman–Crippen LogP) is 6.48. The number of ketones is 2. The normalized spacial score (nSPS) is 10.8. The van der Waals surface area contributed by atoms with E-state index in [0.29, 0.717) is 39.8 Å². The first-order valence-electron chi connectivity index (χ1n) is 10.9. The van der Waals surface area contributed by atoms with Gasteiger partial charge in [0.1, 0.15) is 5.56 Å². The molecule has 0 saturated carbocycles. The van der Waals surface area contributed by atoms with Crippen LogP contribution < -0.4 is 4.74 Å². The Balaban J connectivity index is 2.03. The SMILES string of the molecule is CCn1nc(C)c(C(=O)c2ccc(Cl)c(C(C)=C(C)C)c2C)c1OCC(=O)c1ccccc1. The highest BCUT2D eigenvalue weighted by Crippen LogP contribution is 2.34. The maximum absolute atomic E-state index is 13.7. The summed E-state index contributed by atoms with van der Waals surface area (Å²) in [7, 11) is 0. The summed E-state index contributed by atoms with van der Waals surface area (Å²) in [4.78, 5) is 26.3. The minimum absolute atomic E-state index is 0.167. The molecule has 0 N–H and O–H groups in total. The fourth-order valence-electron chi connectivity index (χ4n) is 3.79. The van der Waals surface area contributed by atoms with Crippen LogP contribution in [-0.4, -0.2) is 28.0 Å². The first-order valence-corrected chi connectivity index (χ1v) is 11.3. The lowest BCUT2D eigenvalue weighted by Crippen LogP contribution is -2.16. The lowest BCUT2D eigenvalue weighted by Gasteiger charge is -2.15. The van der Waals surface area contributed by atoms with Gasteiger partial charge in [-0.05, 0) is 70.4 Å². The van der Waals surface area contributed by atoms with Gasteiger partial charge in [0.25, 0.3) is 0 Å². The number of halogens is 1. The highest BCUT2D eigenvalue weighted by molar-refractivity contribution is 6.33. The summed E-state index contributed by atoms with van der Waals surface area (Å²) in [6.07, 6.45) is 0. The molecule has 1 heterocycles. The molecule has 1 aromatic heterocycles. The average Bonchev–Trinajstić information content (AvgIpc) is 3.12. The van der Waals surface area contributed by atoms with Crippen molar-refractivity contribution in [3.05, 3.63) is 86.6 Å². The van der Waals surface area contributed by atoms with Crippen molar-refractivity contribution >= 4 is 28.7 Å². The number of aromatic nitrogens is 2. The van der Waals surface area contributed by atoms with E-state index in [4.69, 9.17) is 16.3 Å². The van der Waals surface area contributed by atoms with Gasteiger partial charge in [0.15, 0.2) is 12.4 Å². The molecule has 5 nitrogen and oxygen atoms in total. The van der Waals surface area contributed by atoms with Crippen LogP contribution >= 0.6 is 11.6 Å². The second-order valence-corrected chi connectivity index (χ2v) is 8.62. The Hall–Kier alpha value is -3.18. The fraction of sp³-hybridized carbons (Fsp3) is 0.296. The number of Topliss-reactive ketones (excluding diaryl/α,β-unsaturated/α-hetero) is 1. The number of nitrogens with zero attached hydrogens (tertiary/aromatic N) is 2. The van der Waals surface area contributed by atoms with Crippen LogP contribution in [0, 0.1) is 13.8 Å². The van der Waals surface area contributed by atoms with Gasteiger partial charge < -0.3 is 4.74 Å². The summed E-state index contributed by atoms with van der Waals surface area (Å²) < 4.78 is 7.53. The maximum Gasteiger partial charge on any atom is 0.224 e. The van der Waals surface area contributed by atoms with Crippen molar-refractivity contribution in [3.8, 4) is 5.88 Å². The molecule has 0 aliphatic rings. The first kappa shape index (κ1) is 24.5. The molecular weight excluding hydrogens is 436 g/mol. The highest BCUT2D eigenvalue weighted by atomic mass is 35.5. The van der Waals surface area contributed by atoms with Gasteiger partial charge in [-0.1, -0.05) is 47.5 Å². The smallest absolute Gasteiger partial charge is 0.224 e. The largest absolute Gasteiger partial charge is 0.469 e. The van der Waals surface area contributed by atoms with Crippen LogP contribution in [0.4, 0.5) is 0 Å². The van der Waals surface area contributed by atoms with Gasteiger partial charge in [0.05, 0.1) is 5.69 Å². The average molecular weight is 465 g/mol. The Labute approximate surface area is 200 Å². The number of aryl methyl sites for hydroxylation is 2. The topological polar surface area (TPSA) is 61.2 Å². The van der Waals surface area contributed by atoms with E-state index in [9.17, 15) is 9.59 Å². The monoisotopic (exact) mass is 464 g/mol. The summed E-state index contributed by atoms with van der Waals surface area (Å²) >= 11 is 6.50. The summed E-state index contributed by atoms with van der Waals surface area (Å²) in [5.41, 5.74) is 5.85. The molecule has 3 rings (SSSR count). The molecule has 33 heavy (non-hydrogen) atoms. The molecule has 0 spiro atoms. The lowest BCUT2D eigenvalue weighted by molar-refractivity contribution is 0.0907. The van der Waals surface area contributed by atoms with E-state index in [0.717, 1.165) is 22.3 Å². The number of carbonyl (C=O) groups is 2. The Kier molecular flexibility index (Phi) is 7.54. The second-order valence-electron chi connectivity index (χ2n) is 8.21. The van der Waals surface area contributed by atoms with Gasteiger partial charge in [0, 0.05) is 22.7 Å². The van der Waals surface area contributed by atoms with Crippen LogP contribution in [0.2, 0.25) is 5.02 Å². The highest BCUT2D eigenvalue weighted by Gasteiger charge is 2.27. The summed E-state index contributed by atoms with van der Waals surface area (Å²) in [6, 6.07) is 12.4. The summed E-state index contributed by atoms with van der Waals surface area (Å²) in [5, 5.41) is 5.09. The lowest BCUT2D eigenvalue weighted by atomic mass is 9.91. The Morgan fingerprint density at radius 3 is 2.27 bits per heavy atom. The zero-order valence-electron chi connectivity index (χ0n) is 20.0. The van der Waals surface area contributed by atoms with E-state index in [1.54, 1.807) is 48.0 Å². The third-order valence-corrected chi connectivity index (χ3v) is 6.14. The van der Waals surface area contributed by atoms with Gasteiger partial charge in [-0.15, -0.1) is 0 Å². The van der Waals surface area contributed by atoms with Crippen LogP contribution in [0.3, 0.4) is 0 Å². The van der Waals surface area contributed by atoms with E-state index < -0.39 is 0 Å². The molecule has 3 aromatic rings. The number of hydrogen-bond acceptors (Lipinski definition) is 4. The summed E-state index contributed by atoms with van der Waals surface area (Å²) in [6.45, 7) is 12.0. The fourth-order valence-corrected chi connectivity index (χ4v) is 4.14. The molecule has 0 radical (unpaired) electrons. The molecule has 0 aliphatic heterocycles. The Morgan fingerprint density at radius 2 is 1.67 bits per heavy atom. The molecule has 0 fully saturated rings. The zero-order valence-corrected chi connectivity index (χ0v) is 20.7. The van der Waals surface area contributed by atoms with Crippen molar-refractivity contribution in [2.45, 2.75) is 48.1 Å². The van der Waals surface area contributed by atoms with Crippen molar-refractivity contribution in [2.75, 3.05) is 6.61 Å². The van der Waals surface area contributed by atoms with Crippen LogP contribution in [0.1, 0.15) is 70.8 Å². The van der Waals surface area contributed by atoms with Gasteiger partial charge in [-0.25, -0.2) is 4.68 Å². The van der Waals surface area contributed by atoms with Crippen LogP contribution in [-0.2, 0) is 6.54 Å². The Morgan fingerprint density at radius 1 is 1.00 bits per heavy atom. The standard InChI is InChI=1S/C27H29ClN2O3/c1-7-30-27(33-15-23(31)20-11-9-8-10-12-20)25(19(6)29-30)26(32)21-13-14-22(28)24(18(21)5)17(4)16(2)3/h8-14H,7,15H2,1-6H3. The third kappa shape index (κ3) is 4.93. The van der Waals surface area contributed by atoms with Gasteiger partial charge in [0.2, 0.25) is 11.7 Å². The molecule has 172 valence electrons. The third-order valence-electron chi connectivity index (χ3n) is 5.83. The van der Waals surface area contributed by atoms with E-state index in [1.807, 2.05) is 40.7 Å². The number of rotatable bonds is 8. The predicted molar refractivity (Wildman–Crippen MR) is 132 cm³/mol. The van der Waals surface area contributed by atoms with Crippen LogP contribution in [0.15, 0.2) is 48.0 Å². The molecule has 0 atom stereocenters. The minimum atomic E-state index is -0.202. The second kappa shape index (κ2) is 10.2. The van der Waals surface area contributed by atoms with E-state index in [-0.39, 0.29) is 18.2 Å². The number of hydrogen-bond donors (Lipinski definition) is 0. The van der Waals surface area contributed by atoms with Crippen LogP contribution in [0.5, 0.6) is 5.88 Å². The molecule has 0 saturated heterocycles. The van der Waals surface area contributed by atoms with Crippen molar-refractivity contribution in [2.24, 2.45) is 0 Å². The van der Waals surface area contributed by atoms with Crippen molar-refractivity contribution in [1.82, 2.24) is 9.78 Å². The van der Waals surface area contributed by atoms with Gasteiger partial charge >= 0.3 is 0 Å². The van der Waals surface area contributed by atoms with Gasteiger partial charge in [-0.3, -0.25) is 9.59 Å². The molecule has 0 bridgehead atoms. The molecule has 0 unspecified atom stereocenters. The van der Waals surface area contributed by atoms with E-state index >= 15 is 0 Å². The maximum atomic E-state index is 13.7. The first-order chi connectivity index (χ1) is 15.7. The van der Waals surface area contributed by atoms with Crippen LogP contribution in [0.25, 0.3) is 5.57 Å². The molecule has 0 amide bonds. The number of ether oxygens (including phenoxy) is 1. The zero-order chi connectivity index (χ0) is 24.3. The Bertz CT molecular complexity index is 1240. The number of allylic oxidation sites excluding steroid dienone is 2. The summed E-state index contributed by atoms with van der Waals surface area (Å²) in [5.74, 6) is -0.0647. The minimum Gasteiger partial charge on any atom is -0.469 e. The molecular formula is C27H29ClN2O3. The van der Waals surface area contributed by atoms with Crippen molar-refractivity contribution in [3.63, 3.8) is 0 Å². The van der Waals surface area contributed by atoms with Crippen molar-refractivity contribution in [1.29, 1.82) is 0 Å².